The highest BCUT2D eigenvalue weighted by molar-refractivity contribution is 5.92. The van der Waals surface area contributed by atoms with Crippen LogP contribution in [0.3, 0.4) is 0 Å². The van der Waals surface area contributed by atoms with Crippen molar-refractivity contribution in [1.82, 2.24) is 20.2 Å². The van der Waals surface area contributed by atoms with Gasteiger partial charge in [0.1, 0.15) is 11.5 Å². The lowest BCUT2D eigenvalue weighted by atomic mass is 10.0. The fourth-order valence-electron chi connectivity index (χ4n) is 1.26. The summed E-state index contributed by atoms with van der Waals surface area (Å²) in [6, 6.07) is 0. The number of hydrogen-bond donors (Lipinski definition) is 2. The number of aromatic nitrogens is 2. The summed E-state index contributed by atoms with van der Waals surface area (Å²) in [5, 5.41) is 5.90. The quantitative estimate of drug-likeness (QED) is 0.802. The molecule has 0 aromatic carbocycles. The molecular formula is C13H23N5O. The molecule has 0 saturated carbocycles. The van der Waals surface area contributed by atoms with Gasteiger partial charge in [0.05, 0.1) is 12.4 Å². The largest absolute Gasteiger partial charge is 0.369 e. The van der Waals surface area contributed by atoms with Crippen LogP contribution in [-0.4, -0.2) is 53.5 Å². The molecule has 0 unspecified atom stereocenters. The molecule has 0 aliphatic carbocycles. The fourth-order valence-corrected chi connectivity index (χ4v) is 1.26. The van der Waals surface area contributed by atoms with Crippen molar-refractivity contribution in [3.8, 4) is 0 Å². The second-order valence-corrected chi connectivity index (χ2v) is 5.21. The Bertz CT molecular complexity index is 414. The lowest BCUT2D eigenvalue weighted by Crippen LogP contribution is -2.48. The van der Waals surface area contributed by atoms with Crippen LogP contribution >= 0.6 is 0 Å². The zero-order chi connectivity index (χ0) is 14.5. The summed E-state index contributed by atoms with van der Waals surface area (Å²) in [6.07, 6.45) is 3.05. The average Bonchev–Trinajstić information content (AvgIpc) is 2.37. The van der Waals surface area contributed by atoms with E-state index in [0.29, 0.717) is 18.1 Å². The van der Waals surface area contributed by atoms with Crippen molar-refractivity contribution < 1.29 is 4.79 Å². The summed E-state index contributed by atoms with van der Waals surface area (Å²) in [5.74, 6) is 0.471. The number of likely N-dealkylation sites (N-methyl/N-ethyl adjacent to an activating group) is 1. The standard InChI is InChI=1S/C13H23N5O/c1-6-14-11-8-15-10(7-16-11)12(19)17-9-13(2,3)18(4)5/h7-8H,6,9H2,1-5H3,(H,14,16)(H,17,19). The van der Waals surface area contributed by atoms with E-state index in [1.54, 1.807) is 6.20 Å². The Morgan fingerprint density at radius 3 is 2.47 bits per heavy atom. The number of nitrogens with zero attached hydrogens (tertiary/aromatic N) is 3. The highest BCUT2D eigenvalue weighted by Crippen LogP contribution is 2.08. The van der Waals surface area contributed by atoms with Crippen LogP contribution in [0.15, 0.2) is 12.4 Å². The molecule has 1 aromatic heterocycles. The molecule has 1 rings (SSSR count). The number of hydrogen-bond acceptors (Lipinski definition) is 5. The molecule has 19 heavy (non-hydrogen) atoms. The Kier molecular flexibility index (Phi) is 5.23. The number of rotatable bonds is 6. The van der Waals surface area contributed by atoms with E-state index in [4.69, 9.17) is 0 Å². The lowest BCUT2D eigenvalue weighted by molar-refractivity contribution is 0.0914. The van der Waals surface area contributed by atoms with Gasteiger partial charge in [0.25, 0.3) is 5.91 Å². The van der Waals surface area contributed by atoms with E-state index in [-0.39, 0.29) is 11.4 Å². The average molecular weight is 265 g/mol. The fraction of sp³-hybridized carbons (Fsp3) is 0.615. The number of carbonyl (C=O) groups is 1. The Labute approximate surface area is 114 Å². The van der Waals surface area contributed by atoms with Crippen LogP contribution in [0, 0.1) is 0 Å². The first-order valence-electron chi connectivity index (χ1n) is 6.38. The van der Waals surface area contributed by atoms with Gasteiger partial charge >= 0.3 is 0 Å². The van der Waals surface area contributed by atoms with Crippen LogP contribution in [0.2, 0.25) is 0 Å². The molecule has 0 fully saturated rings. The number of carbonyl (C=O) groups excluding carboxylic acids is 1. The Hall–Kier alpha value is -1.69. The maximum atomic E-state index is 11.9. The van der Waals surface area contributed by atoms with Crippen LogP contribution in [0.5, 0.6) is 0 Å². The van der Waals surface area contributed by atoms with Gasteiger partial charge in [0, 0.05) is 18.6 Å². The molecule has 1 aromatic rings. The van der Waals surface area contributed by atoms with Crippen LogP contribution in [0.1, 0.15) is 31.3 Å². The van der Waals surface area contributed by atoms with Crippen molar-refractivity contribution in [2.24, 2.45) is 0 Å². The number of nitrogens with one attached hydrogen (secondary N) is 2. The van der Waals surface area contributed by atoms with E-state index >= 15 is 0 Å². The molecule has 0 spiro atoms. The summed E-state index contributed by atoms with van der Waals surface area (Å²) < 4.78 is 0. The second kappa shape index (κ2) is 6.47. The third-order valence-corrected chi connectivity index (χ3v) is 3.13. The van der Waals surface area contributed by atoms with Gasteiger partial charge in [-0.15, -0.1) is 0 Å². The topological polar surface area (TPSA) is 70.2 Å². The van der Waals surface area contributed by atoms with Gasteiger partial charge in [-0.3, -0.25) is 4.79 Å². The number of amides is 1. The molecule has 106 valence electrons. The van der Waals surface area contributed by atoms with E-state index in [0.717, 1.165) is 6.54 Å². The molecule has 0 aliphatic heterocycles. The van der Waals surface area contributed by atoms with Crippen molar-refractivity contribution in [2.75, 3.05) is 32.5 Å². The Balaban J connectivity index is 2.59. The maximum absolute atomic E-state index is 11.9. The summed E-state index contributed by atoms with van der Waals surface area (Å²) in [4.78, 5) is 22.2. The number of anilines is 1. The zero-order valence-corrected chi connectivity index (χ0v) is 12.3. The summed E-state index contributed by atoms with van der Waals surface area (Å²) in [7, 11) is 3.97. The molecule has 0 aliphatic rings. The molecular weight excluding hydrogens is 242 g/mol. The summed E-state index contributed by atoms with van der Waals surface area (Å²) in [5.41, 5.74) is 0.225. The Morgan fingerprint density at radius 2 is 2.00 bits per heavy atom. The molecule has 0 bridgehead atoms. The second-order valence-electron chi connectivity index (χ2n) is 5.21. The van der Waals surface area contributed by atoms with E-state index in [1.165, 1.54) is 6.20 Å². The minimum atomic E-state index is -0.203. The molecule has 1 heterocycles. The minimum absolute atomic E-state index is 0.104. The molecule has 6 heteroatoms. The molecule has 6 nitrogen and oxygen atoms in total. The SMILES string of the molecule is CCNc1cnc(C(=O)NCC(C)(C)N(C)C)cn1. The lowest BCUT2D eigenvalue weighted by Gasteiger charge is -2.32. The molecule has 0 atom stereocenters. The van der Waals surface area contributed by atoms with Crippen LogP contribution in [0.25, 0.3) is 0 Å². The van der Waals surface area contributed by atoms with Crippen molar-refractivity contribution in [3.05, 3.63) is 18.1 Å². The molecule has 1 amide bonds. The predicted octanol–water partition coefficient (Wildman–Crippen LogP) is 0.978. The normalized spacial score (nSPS) is 11.5. The van der Waals surface area contributed by atoms with Crippen LogP contribution < -0.4 is 10.6 Å². The van der Waals surface area contributed by atoms with Gasteiger partial charge in [-0.2, -0.15) is 0 Å². The van der Waals surface area contributed by atoms with Crippen molar-refractivity contribution in [3.63, 3.8) is 0 Å². The van der Waals surface area contributed by atoms with E-state index in [9.17, 15) is 4.79 Å². The molecule has 0 radical (unpaired) electrons. The van der Waals surface area contributed by atoms with Crippen LogP contribution in [0.4, 0.5) is 5.82 Å². The van der Waals surface area contributed by atoms with Crippen molar-refractivity contribution in [2.45, 2.75) is 26.3 Å². The van der Waals surface area contributed by atoms with Crippen molar-refractivity contribution >= 4 is 11.7 Å². The zero-order valence-electron chi connectivity index (χ0n) is 12.3. The van der Waals surface area contributed by atoms with Gasteiger partial charge in [-0.05, 0) is 34.9 Å². The third-order valence-electron chi connectivity index (χ3n) is 3.13. The minimum Gasteiger partial charge on any atom is -0.369 e. The van der Waals surface area contributed by atoms with Gasteiger partial charge in [0.2, 0.25) is 0 Å². The highest BCUT2D eigenvalue weighted by atomic mass is 16.1. The first-order valence-corrected chi connectivity index (χ1v) is 6.38. The van der Waals surface area contributed by atoms with Gasteiger partial charge < -0.3 is 15.5 Å². The van der Waals surface area contributed by atoms with Crippen LogP contribution in [-0.2, 0) is 0 Å². The molecule has 2 N–H and O–H groups in total. The summed E-state index contributed by atoms with van der Waals surface area (Å²) in [6.45, 7) is 7.43. The third kappa shape index (κ3) is 4.48. The Morgan fingerprint density at radius 1 is 1.32 bits per heavy atom. The van der Waals surface area contributed by atoms with Gasteiger partial charge in [-0.1, -0.05) is 0 Å². The molecule has 0 saturated heterocycles. The predicted molar refractivity (Wildman–Crippen MR) is 76.3 cm³/mol. The first-order chi connectivity index (χ1) is 8.86. The first kappa shape index (κ1) is 15.4. The van der Waals surface area contributed by atoms with Gasteiger partial charge in [0.15, 0.2) is 0 Å². The maximum Gasteiger partial charge on any atom is 0.271 e. The van der Waals surface area contributed by atoms with E-state index < -0.39 is 0 Å². The van der Waals surface area contributed by atoms with E-state index in [1.807, 2.05) is 21.0 Å². The van der Waals surface area contributed by atoms with Crippen molar-refractivity contribution in [1.29, 1.82) is 0 Å². The van der Waals surface area contributed by atoms with E-state index in [2.05, 4.69) is 39.3 Å². The van der Waals surface area contributed by atoms with Gasteiger partial charge in [-0.25, -0.2) is 9.97 Å². The smallest absolute Gasteiger partial charge is 0.271 e. The summed E-state index contributed by atoms with van der Waals surface area (Å²) >= 11 is 0. The monoisotopic (exact) mass is 265 g/mol. The highest BCUT2D eigenvalue weighted by Gasteiger charge is 2.21.